The highest BCUT2D eigenvalue weighted by Gasteiger charge is 2.23. The molecule has 0 radical (unpaired) electrons. The van der Waals surface area contributed by atoms with Gasteiger partial charge in [-0.1, -0.05) is 24.3 Å². The van der Waals surface area contributed by atoms with Crippen molar-refractivity contribution in [3.8, 4) is 0 Å². The highest BCUT2D eigenvalue weighted by molar-refractivity contribution is 8.19. The highest BCUT2D eigenvalue weighted by atomic mass is 32.3. The molecule has 0 amide bonds. The summed E-state index contributed by atoms with van der Waals surface area (Å²) in [4.78, 5) is -0.495. The van der Waals surface area contributed by atoms with Gasteiger partial charge >= 0.3 is 0 Å². The molecule has 0 spiro atoms. The lowest BCUT2D eigenvalue weighted by molar-refractivity contribution is 0.377. The first-order valence-electron chi connectivity index (χ1n) is 5.13. The Labute approximate surface area is 111 Å². The Hall–Kier alpha value is -1.16. The third kappa shape index (κ3) is 2.59. The van der Waals surface area contributed by atoms with Gasteiger partial charge in [-0.25, -0.2) is 0 Å². The van der Waals surface area contributed by atoms with Crippen LogP contribution in [0.5, 0.6) is 0 Å². The highest BCUT2D eigenvalue weighted by Crippen LogP contribution is 2.47. The van der Waals surface area contributed by atoms with Crippen LogP contribution in [0, 0.1) is 6.92 Å². The van der Waals surface area contributed by atoms with Gasteiger partial charge in [-0.15, -0.1) is 0 Å². The van der Waals surface area contributed by atoms with E-state index in [9.17, 15) is 26.6 Å². The van der Waals surface area contributed by atoms with Gasteiger partial charge in [0.25, 0.3) is 10.1 Å². The van der Waals surface area contributed by atoms with Gasteiger partial charge in [0.15, 0.2) is 0 Å². The Bertz CT molecular complexity index is 746. The molecule has 0 bridgehead atoms. The normalized spacial score (nSPS) is 13.7. The maximum Gasteiger partial charge on any atom is 0.295 e. The maximum absolute atomic E-state index is 11.4. The second kappa shape index (κ2) is 4.44. The topological polar surface area (TPSA) is 115 Å². The predicted molar refractivity (Wildman–Crippen MR) is 72.2 cm³/mol. The fraction of sp³-hybridized carbons (Fsp3) is 0.0909. The molecule has 0 saturated carbocycles. The summed E-state index contributed by atoms with van der Waals surface area (Å²) in [5.74, 6) is 0. The molecule has 19 heavy (non-hydrogen) atoms. The van der Waals surface area contributed by atoms with E-state index in [1.165, 1.54) is 37.3 Å². The number of benzene rings is 2. The Balaban J connectivity index is 2.98. The summed E-state index contributed by atoms with van der Waals surface area (Å²) in [6.07, 6.45) is 0. The van der Waals surface area contributed by atoms with Crippen molar-refractivity contribution in [3.63, 3.8) is 0 Å². The average molecular weight is 304 g/mol. The molecular formula is C11H12O6S2. The van der Waals surface area contributed by atoms with E-state index in [1.807, 2.05) is 0 Å². The zero-order valence-corrected chi connectivity index (χ0v) is 11.4. The minimum Gasteiger partial charge on any atom is -0.304 e. The minimum atomic E-state index is -4.46. The van der Waals surface area contributed by atoms with Crippen molar-refractivity contribution < 1.29 is 26.6 Å². The van der Waals surface area contributed by atoms with E-state index in [0.29, 0.717) is 5.56 Å². The summed E-state index contributed by atoms with van der Waals surface area (Å²) in [6, 6.07) is 6.94. The van der Waals surface area contributed by atoms with Crippen molar-refractivity contribution in [1.29, 1.82) is 0 Å². The van der Waals surface area contributed by atoms with Crippen molar-refractivity contribution in [1.82, 2.24) is 0 Å². The predicted octanol–water partition coefficient (Wildman–Crippen LogP) is 2.98. The molecule has 0 aliphatic carbocycles. The summed E-state index contributed by atoms with van der Waals surface area (Å²) in [7, 11) is -8.44. The number of rotatable bonds is 2. The third-order valence-electron chi connectivity index (χ3n) is 2.72. The summed E-state index contributed by atoms with van der Waals surface area (Å²) in [6.45, 7) is 1.51. The number of hydrogen-bond acceptors (Lipinski definition) is 5. The van der Waals surface area contributed by atoms with Gasteiger partial charge in [0.05, 0.1) is 4.90 Å². The Morgan fingerprint density at radius 1 is 0.895 bits per heavy atom. The van der Waals surface area contributed by atoms with Crippen molar-refractivity contribution in [3.05, 3.63) is 35.9 Å². The van der Waals surface area contributed by atoms with Gasteiger partial charge in [-0.05, 0) is 18.6 Å². The lowest BCUT2D eigenvalue weighted by Crippen LogP contribution is -2.04. The van der Waals surface area contributed by atoms with Crippen LogP contribution in [0.1, 0.15) is 5.56 Å². The SMILES string of the molecule is Cc1ccc2c(S(O)(O)O)cccc2c1S(=O)(=O)O. The number of fused-ring (bicyclic) bond motifs is 1. The zero-order valence-electron chi connectivity index (χ0n) is 9.81. The van der Waals surface area contributed by atoms with E-state index < -0.39 is 21.0 Å². The van der Waals surface area contributed by atoms with Gasteiger partial charge in [0.2, 0.25) is 0 Å². The van der Waals surface area contributed by atoms with Crippen molar-refractivity contribution in [2.24, 2.45) is 0 Å². The molecule has 0 heterocycles. The Kier molecular flexibility index (Phi) is 3.33. The summed E-state index contributed by atoms with van der Waals surface area (Å²) < 4.78 is 60.1. The lowest BCUT2D eigenvalue weighted by Gasteiger charge is -2.21. The summed E-state index contributed by atoms with van der Waals surface area (Å²) in [5, 5.41) is 0.275. The monoisotopic (exact) mass is 304 g/mol. The average Bonchev–Trinajstić information content (AvgIpc) is 2.24. The number of aryl methyl sites for hydroxylation is 1. The second-order valence-electron chi connectivity index (χ2n) is 4.06. The molecule has 0 fully saturated rings. The van der Waals surface area contributed by atoms with Crippen LogP contribution in [0.25, 0.3) is 10.8 Å². The van der Waals surface area contributed by atoms with Gasteiger partial charge in [0.1, 0.15) is 15.8 Å². The van der Waals surface area contributed by atoms with Crippen molar-refractivity contribution >= 4 is 31.8 Å². The fourth-order valence-electron chi connectivity index (χ4n) is 1.99. The molecule has 0 aliphatic rings. The third-order valence-corrected chi connectivity index (χ3v) is 4.73. The van der Waals surface area contributed by atoms with E-state index in [2.05, 4.69) is 0 Å². The van der Waals surface area contributed by atoms with E-state index in [4.69, 9.17) is 0 Å². The molecule has 0 aromatic heterocycles. The Morgan fingerprint density at radius 2 is 1.53 bits per heavy atom. The van der Waals surface area contributed by atoms with Crippen LogP contribution in [0.4, 0.5) is 0 Å². The quantitative estimate of drug-likeness (QED) is 0.634. The fourth-order valence-corrected chi connectivity index (χ4v) is 3.66. The van der Waals surface area contributed by atoms with Gasteiger partial charge in [0, 0.05) is 10.8 Å². The van der Waals surface area contributed by atoms with Crippen LogP contribution in [-0.2, 0) is 10.1 Å². The Morgan fingerprint density at radius 3 is 2.05 bits per heavy atom. The summed E-state index contributed by atoms with van der Waals surface area (Å²) in [5.41, 5.74) is 0.321. The molecule has 2 aromatic carbocycles. The van der Waals surface area contributed by atoms with Crippen LogP contribution in [0.15, 0.2) is 40.1 Å². The molecule has 0 aliphatic heterocycles. The molecule has 0 saturated heterocycles. The smallest absolute Gasteiger partial charge is 0.295 e. The van der Waals surface area contributed by atoms with Gasteiger partial charge < -0.3 is 13.7 Å². The largest absolute Gasteiger partial charge is 0.304 e. The molecular weight excluding hydrogens is 292 g/mol. The van der Waals surface area contributed by atoms with E-state index in [0.717, 1.165) is 0 Å². The first kappa shape index (κ1) is 14.3. The van der Waals surface area contributed by atoms with Gasteiger partial charge in [-0.3, -0.25) is 4.55 Å². The molecule has 2 aromatic rings. The summed E-state index contributed by atoms with van der Waals surface area (Å²) >= 11 is 0. The minimum absolute atomic E-state index is 0.119. The molecule has 104 valence electrons. The van der Waals surface area contributed by atoms with Crippen LogP contribution in [0.3, 0.4) is 0 Å². The molecule has 2 rings (SSSR count). The van der Waals surface area contributed by atoms with Crippen LogP contribution in [0.2, 0.25) is 0 Å². The molecule has 0 atom stereocenters. The second-order valence-corrected chi connectivity index (χ2v) is 6.89. The van der Waals surface area contributed by atoms with E-state index in [1.54, 1.807) is 0 Å². The zero-order chi connectivity index (χ0) is 14.4. The number of hydrogen-bond donors (Lipinski definition) is 4. The van der Waals surface area contributed by atoms with Crippen molar-refractivity contribution in [2.75, 3.05) is 0 Å². The first-order chi connectivity index (χ1) is 8.62. The van der Waals surface area contributed by atoms with E-state index in [-0.39, 0.29) is 20.6 Å². The van der Waals surface area contributed by atoms with Crippen molar-refractivity contribution in [2.45, 2.75) is 16.7 Å². The first-order valence-corrected chi connectivity index (χ1v) is 8.07. The van der Waals surface area contributed by atoms with Crippen LogP contribution in [-0.4, -0.2) is 26.6 Å². The van der Waals surface area contributed by atoms with Crippen LogP contribution < -0.4 is 0 Å². The molecule has 4 N–H and O–H groups in total. The lowest BCUT2D eigenvalue weighted by atomic mass is 10.1. The molecule has 8 heteroatoms. The van der Waals surface area contributed by atoms with Gasteiger partial charge in [-0.2, -0.15) is 8.42 Å². The van der Waals surface area contributed by atoms with Crippen LogP contribution >= 0.6 is 10.9 Å². The van der Waals surface area contributed by atoms with E-state index >= 15 is 0 Å². The maximum atomic E-state index is 11.4. The standard InChI is InChI=1S/C11H12O6S2/c1-7-5-6-8-9(11(7)19(15,16)17)3-2-4-10(8)18(12,13)14/h2-6,12-14H,1H3,(H,15,16,17). The molecule has 0 unspecified atom stereocenters. The molecule has 6 nitrogen and oxygen atoms in total.